The van der Waals surface area contributed by atoms with E-state index in [2.05, 4.69) is 38.4 Å². The van der Waals surface area contributed by atoms with Crippen LogP contribution in [0.1, 0.15) is 25.3 Å². The summed E-state index contributed by atoms with van der Waals surface area (Å²) in [5.74, 6) is 2.30. The molecule has 122 valence electrons. The molecule has 5 nitrogen and oxygen atoms in total. The first-order valence-corrected chi connectivity index (χ1v) is 8.51. The Morgan fingerprint density at radius 1 is 1.30 bits per heavy atom. The maximum atomic E-state index is 6.00. The molecule has 0 radical (unpaired) electrons. The Bertz CT molecular complexity index is 640. The van der Waals surface area contributed by atoms with E-state index < -0.39 is 0 Å². The first kappa shape index (κ1) is 16.0. The minimum Gasteiger partial charge on any atom is -0.355 e. The van der Waals surface area contributed by atoms with Crippen molar-refractivity contribution in [3.8, 4) is 0 Å². The monoisotopic (exact) mass is 331 g/mol. The number of hydrogen-bond acceptors (Lipinski definition) is 5. The number of nitrogens with zero attached hydrogens (tertiary/aromatic N) is 4. The Morgan fingerprint density at radius 2 is 2.13 bits per heavy atom. The molecule has 0 bridgehead atoms. The molecule has 1 aromatic carbocycles. The Balaban J connectivity index is 1.55. The van der Waals surface area contributed by atoms with Crippen LogP contribution in [0.5, 0.6) is 0 Å². The third-order valence-corrected chi connectivity index (χ3v) is 4.47. The summed E-state index contributed by atoms with van der Waals surface area (Å²) in [4.78, 5) is 6.87. The third-order valence-electron chi connectivity index (χ3n) is 4.24. The molecule has 1 aliphatic rings. The zero-order valence-electron chi connectivity index (χ0n) is 13.4. The fourth-order valence-corrected chi connectivity index (χ4v) is 2.98. The van der Waals surface area contributed by atoms with Crippen molar-refractivity contribution in [2.24, 2.45) is 5.92 Å². The van der Waals surface area contributed by atoms with Gasteiger partial charge in [0.2, 0.25) is 5.95 Å². The number of rotatable bonds is 5. The second-order valence-electron chi connectivity index (χ2n) is 6.11. The van der Waals surface area contributed by atoms with Crippen LogP contribution in [0, 0.1) is 5.92 Å². The van der Waals surface area contributed by atoms with Crippen molar-refractivity contribution in [2.45, 2.75) is 26.2 Å². The summed E-state index contributed by atoms with van der Waals surface area (Å²) in [5, 5.41) is 12.2. The molecule has 0 saturated carbocycles. The molecule has 2 heterocycles. The topological polar surface area (TPSA) is 53.9 Å². The van der Waals surface area contributed by atoms with E-state index in [0.717, 1.165) is 42.8 Å². The van der Waals surface area contributed by atoms with Gasteiger partial charge in [-0.05, 0) is 42.9 Å². The minimum absolute atomic E-state index is 0.586. The van der Waals surface area contributed by atoms with E-state index in [1.54, 1.807) is 6.20 Å². The van der Waals surface area contributed by atoms with Gasteiger partial charge in [0.25, 0.3) is 0 Å². The number of anilines is 2. The smallest absolute Gasteiger partial charge is 0.244 e. The standard InChI is InChI=1S/C17H22ClN5/c1-13-6-9-23(10-7-13)16-12-20-22-17(21-16)19-8-5-14-3-2-4-15(18)11-14/h2-4,11-13H,5-10H2,1H3,(H,19,21,22). The summed E-state index contributed by atoms with van der Waals surface area (Å²) in [6, 6.07) is 7.90. The minimum atomic E-state index is 0.586. The van der Waals surface area contributed by atoms with Crippen LogP contribution in [-0.2, 0) is 6.42 Å². The zero-order valence-corrected chi connectivity index (χ0v) is 14.1. The van der Waals surface area contributed by atoms with Gasteiger partial charge < -0.3 is 10.2 Å². The van der Waals surface area contributed by atoms with Gasteiger partial charge >= 0.3 is 0 Å². The Labute approximate surface area is 142 Å². The molecule has 2 aromatic rings. The van der Waals surface area contributed by atoms with Gasteiger partial charge in [-0.25, -0.2) is 0 Å². The Kier molecular flexibility index (Phi) is 5.28. The van der Waals surface area contributed by atoms with Crippen LogP contribution in [-0.4, -0.2) is 34.8 Å². The van der Waals surface area contributed by atoms with E-state index in [-0.39, 0.29) is 0 Å². The number of piperidine rings is 1. The van der Waals surface area contributed by atoms with Crippen molar-refractivity contribution < 1.29 is 0 Å². The van der Waals surface area contributed by atoms with Crippen LogP contribution in [0.2, 0.25) is 5.02 Å². The quantitative estimate of drug-likeness (QED) is 0.909. The average Bonchev–Trinajstić information content (AvgIpc) is 2.56. The lowest BCUT2D eigenvalue weighted by molar-refractivity contribution is 0.436. The van der Waals surface area contributed by atoms with Gasteiger partial charge in [-0.1, -0.05) is 30.7 Å². The molecule has 1 N–H and O–H groups in total. The molecule has 0 aliphatic carbocycles. The van der Waals surface area contributed by atoms with Crippen molar-refractivity contribution in [2.75, 3.05) is 29.9 Å². The molecule has 1 saturated heterocycles. The normalized spacial score (nSPS) is 15.7. The molecule has 3 rings (SSSR count). The van der Waals surface area contributed by atoms with Crippen LogP contribution in [0.25, 0.3) is 0 Å². The number of aromatic nitrogens is 3. The van der Waals surface area contributed by atoms with Crippen molar-refractivity contribution in [3.05, 3.63) is 41.0 Å². The molecule has 1 aromatic heterocycles. The van der Waals surface area contributed by atoms with E-state index in [4.69, 9.17) is 11.6 Å². The third kappa shape index (κ3) is 4.55. The maximum Gasteiger partial charge on any atom is 0.244 e. The SMILES string of the molecule is CC1CCN(c2cnnc(NCCc3cccc(Cl)c3)n2)CC1. The van der Waals surface area contributed by atoms with Crippen LogP contribution in [0.4, 0.5) is 11.8 Å². The summed E-state index contributed by atoms with van der Waals surface area (Å²) in [7, 11) is 0. The van der Waals surface area contributed by atoms with Crippen molar-refractivity contribution in [1.82, 2.24) is 15.2 Å². The van der Waals surface area contributed by atoms with E-state index in [1.165, 1.54) is 18.4 Å². The molecule has 0 spiro atoms. The fourth-order valence-electron chi connectivity index (χ4n) is 2.77. The lowest BCUT2D eigenvalue weighted by Crippen LogP contribution is -2.33. The Hall–Kier alpha value is -1.88. The van der Waals surface area contributed by atoms with Gasteiger partial charge in [0, 0.05) is 24.7 Å². The molecule has 0 atom stereocenters. The highest BCUT2D eigenvalue weighted by molar-refractivity contribution is 6.30. The number of benzene rings is 1. The predicted octanol–water partition coefficient (Wildman–Crippen LogP) is 3.42. The molecule has 1 fully saturated rings. The highest BCUT2D eigenvalue weighted by Crippen LogP contribution is 2.21. The fraction of sp³-hybridized carbons (Fsp3) is 0.471. The molecule has 1 aliphatic heterocycles. The van der Waals surface area contributed by atoms with Crippen LogP contribution in [0.15, 0.2) is 30.5 Å². The predicted molar refractivity (Wildman–Crippen MR) is 94.1 cm³/mol. The number of halogens is 1. The first-order chi connectivity index (χ1) is 11.2. The van der Waals surface area contributed by atoms with Gasteiger partial charge in [0.15, 0.2) is 5.82 Å². The van der Waals surface area contributed by atoms with Crippen LogP contribution in [0.3, 0.4) is 0 Å². The van der Waals surface area contributed by atoms with E-state index in [9.17, 15) is 0 Å². The zero-order chi connectivity index (χ0) is 16.1. The van der Waals surface area contributed by atoms with Gasteiger partial charge in [0.1, 0.15) is 0 Å². The average molecular weight is 332 g/mol. The number of hydrogen-bond donors (Lipinski definition) is 1. The van der Waals surface area contributed by atoms with Crippen LogP contribution < -0.4 is 10.2 Å². The summed E-state index contributed by atoms with van der Waals surface area (Å²) < 4.78 is 0. The summed E-state index contributed by atoms with van der Waals surface area (Å²) >= 11 is 6.00. The van der Waals surface area contributed by atoms with E-state index in [1.807, 2.05) is 18.2 Å². The summed E-state index contributed by atoms with van der Waals surface area (Å²) in [6.45, 7) is 5.14. The molecule has 23 heavy (non-hydrogen) atoms. The maximum absolute atomic E-state index is 6.00. The Morgan fingerprint density at radius 3 is 2.91 bits per heavy atom. The second kappa shape index (κ2) is 7.59. The molecule has 6 heteroatoms. The van der Waals surface area contributed by atoms with Gasteiger partial charge in [-0.15, -0.1) is 5.10 Å². The molecular weight excluding hydrogens is 310 g/mol. The number of nitrogens with one attached hydrogen (secondary N) is 1. The van der Waals surface area contributed by atoms with Crippen molar-refractivity contribution in [3.63, 3.8) is 0 Å². The summed E-state index contributed by atoms with van der Waals surface area (Å²) in [5.41, 5.74) is 1.19. The highest BCUT2D eigenvalue weighted by Gasteiger charge is 2.17. The van der Waals surface area contributed by atoms with E-state index in [0.29, 0.717) is 5.95 Å². The molecular formula is C17H22ClN5. The van der Waals surface area contributed by atoms with Crippen molar-refractivity contribution >= 4 is 23.4 Å². The largest absolute Gasteiger partial charge is 0.355 e. The molecule has 0 unspecified atom stereocenters. The lowest BCUT2D eigenvalue weighted by Gasteiger charge is -2.30. The lowest BCUT2D eigenvalue weighted by atomic mass is 9.99. The van der Waals surface area contributed by atoms with Crippen LogP contribution >= 0.6 is 11.6 Å². The van der Waals surface area contributed by atoms with Gasteiger partial charge in [-0.3, -0.25) is 0 Å². The first-order valence-electron chi connectivity index (χ1n) is 8.14. The van der Waals surface area contributed by atoms with Gasteiger partial charge in [0.05, 0.1) is 6.20 Å². The molecule has 0 amide bonds. The highest BCUT2D eigenvalue weighted by atomic mass is 35.5. The van der Waals surface area contributed by atoms with E-state index >= 15 is 0 Å². The van der Waals surface area contributed by atoms with Gasteiger partial charge in [-0.2, -0.15) is 10.1 Å². The second-order valence-corrected chi connectivity index (χ2v) is 6.55. The van der Waals surface area contributed by atoms with Crippen molar-refractivity contribution in [1.29, 1.82) is 0 Å². The summed E-state index contributed by atoms with van der Waals surface area (Å²) in [6.07, 6.45) is 5.04.